The quantitative estimate of drug-likeness (QED) is 0.595. The van der Waals surface area contributed by atoms with Crippen LogP contribution in [0, 0.1) is 0 Å². The highest BCUT2D eigenvalue weighted by atomic mass is 16.4. The van der Waals surface area contributed by atoms with E-state index in [1.54, 1.807) is 0 Å². The molecule has 0 aliphatic heterocycles. The summed E-state index contributed by atoms with van der Waals surface area (Å²) in [5, 5.41) is 17.2. The average Bonchev–Trinajstić information content (AvgIpc) is 2.03. The van der Waals surface area contributed by atoms with Gasteiger partial charge in [-0.3, -0.25) is 0 Å². The van der Waals surface area contributed by atoms with Gasteiger partial charge in [0.25, 0.3) is 0 Å². The summed E-state index contributed by atoms with van der Waals surface area (Å²) in [6.45, 7) is 0. The third-order valence-electron chi connectivity index (χ3n) is 1.39. The SMILES string of the molecule is Nc1cc(C(=O)O)c(C(=O)O)cn1. The number of nitrogens with zero attached hydrogens (tertiary/aromatic N) is 1. The van der Waals surface area contributed by atoms with Crippen molar-refractivity contribution in [1.82, 2.24) is 4.98 Å². The first kappa shape index (κ1) is 8.98. The number of aromatic nitrogens is 1. The minimum atomic E-state index is -1.34. The summed E-state index contributed by atoms with van der Waals surface area (Å²) in [5.41, 5.74) is 4.46. The van der Waals surface area contributed by atoms with E-state index in [1.165, 1.54) is 0 Å². The minimum absolute atomic E-state index is 0.0256. The number of hydrogen-bond acceptors (Lipinski definition) is 4. The molecule has 1 aromatic rings. The van der Waals surface area contributed by atoms with E-state index in [0.29, 0.717) is 0 Å². The van der Waals surface area contributed by atoms with Crippen LogP contribution in [0.2, 0.25) is 0 Å². The predicted octanol–water partition coefficient (Wildman–Crippen LogP) is 0.0602. The van der Waals surface area contributed by atoms with Gasteiger partial charge < -0.3 is 15.9 Å². The molecule has 1 heterocycles. The van der Waals surface area contributed by atoms with Gasteiger partial charge in [-0.15, -0.1) is 0 Å². The van der Waals surface area contributed by atoms with Gasteiger partial charge in [0.15, 0.2) is 0 Å². The standard InChI is InChI=1S/C7H6N2O4/c8-5-1-3(6(10)11)4(2-9-5)7(12)13/h1-2H,(H2,8,9)(H,10,11)(H,12,13). The van der Waals surface area contributed by atoms with Gasteiger partial charge in [0, 0.05) is 6.20 Å². The van der Waals surface area contributed by atoms with Gasteiger partial charge in [0.1, 0.15) is 5.82 Å². The Morgan fingerprint density at radius 1 is 1.23 bits per heavy atom. The zero-order chi connectivity index (χ0) is 10.0. The largest absolute Gasteiger partial charge is 0.478 e. The lowest BCUT2D eigenvalue weighted by atomic mass is 10.1. The van der Waals surface area contributed by atoms with Crippen molar-refractivity contribution in [3.8, 4) is 0 Å². The van der Waals surface area contributed by atoms with Crippen LogP contribution in [0.5, 0.6) is 0 Å². The molecule has 4 N–H and O–H groups in total. The molecule has 0 aliphatic carbocycles. The van der Waals surface area contributed by atoms with Crippen LogP contribution in [-0.4, -0.2) is 27.1 Å². The fourth-order valence-electron chi connectivity index (χ4n) is 0.819. The van der Waals surface area contributed by atoms with E-state index in [1.807, 2.05) is 0 Å². The third kappa shape index (κ3) is 1.73. The van der Waals surface area contributed by atoms with Crippen LogP contribution in [0.1, 0.15) is 20.7 Å². The number of rotatable bonds is 2. The fraction of sp³-hybridized carbons (Fsp3) is 0. The topological polar surface area (TPSA) is 114 Å². The number of carboxylic acid groups (broad SMARTS) is 2. The number of aromatic carboxylic acids is 2. The van der Waals surface area contributed by atoms with Crippen molar-refractivity contribution in [1.29, 1.82) is 0 Å². The second kappa shape index (κ2) is 3.10. The second-order valence-corrected chi connectivity index (χ2v) is 2.27. The minimum Gasteiger partial charge on any atom is -0.478 e. The molecule has 0 atom stereocenters. The molecular formula is C7H6N2O4. The van der Waals surface area contributed by atoms with Gasteiger partial charge in [-0.05, 0) is 6.07 Å². The van der Waals surface area contributed by atoms with E-state index >= 15 is 0 Å². The maximum atomic E-state index is 10.5. The van der Waals surface area contributed by atoms with Gasteiger partial charge in [-0.1, -0.05) is 0 Å². The lowest BCUT2D eigenvalue weighted by Crippen LogP contribution is -2.09. The molecule has 0 unspecified atom stereocenters. The maximum Gasteiger partial charge on any atom is 0.338 e. The monoisotopic (exact) mass is 182 g/mol. The number of nitrogens with two attached hydrogens (primary N) is 1. The Morgan fingerprint density at radius 2 is 1.77 bits per heavy atom. The van der Waals surface area contributed by atoms with Crippen molar-refractivity contribution >= 4 is 17.8 Å². The molecule has 6 nitrogen and oxygen atoms in total. The fourth-order valence-corrected chi connectivity index (χ4v) is 0.819. The zero-order valence-electron chi connectivity index (χ0n) is 6.39. The highest BCUT2D eigenvalue weighted by Crippen LogP contribution is 2.10. The summed E-state index contributed by atoms with van der Waals surface area (Å²) in [5.74, 6) is -2.71. The highest BCUT2D eigenvalue weighted by Gasteiger charge is 2.16. The molecule has 0 amide bonds. The first-order chi connectivity index (χ1) is 6.02. The molecule has 0 saturated carbocycles. The third-order valence-corrected chi connectivity index (χ3v) is 1.39. The Balaban J connectivity index is 3.35. The summed E-state index contributed by atoms with van der Waals surface area (Å²) < 4.78 is 0. The van der Waals surface area contributed by atoms with E-state index in [-0.39, 0.29) is 16.9 Å². The van der Waals surface area contributed by atoms with Crippen LogP contribution in [0.3, 0.4) is 0 Å². The molecule has 0 saturated heterocycles. The Hall–Kier alpha value is -2.11. The van der Waals surface area contributed by atoms with Crippen LogP contribution >= 0.6 is 0 Å². The number of hydrogen-bond donors (Lipinski definition) is 3. The summed E-state index contributed by atoms with van der Waals surface area (Å²) in [4.78, 5) is 24.5. The summed E-state index contributed by atoms with van der Waals surface area (Å²) >= 11 is 0. The lowest BCUT2D eigenvalue weighted by Gasteiger charge is -2.00. The molecule has 0 bridgehead atoms. The second-order valence-electron chi connectivity index (χ2n) is 2.27. The van der Waals surface area contributed by atoms with E-state index < -0.39 is 11.9 Å². The van der Waals surface area contributed by atoms with E-state index in [2.05, 4.69) is 4.98 Å². The van der Waals surface area contributed by atoms with Crippen molar-refractivity contribution < 1.29 is 19.8 Å². The van der Waals surface area contributed by atoms with Crippen molar-refractivity contribution in [2.45, 2.75) is 0 Å². The van der Waals surface area contributed by atoms with Gasteiger partial charge in [0.05, 0.1) is 11.1 Å². The predicted molar refractivity (Wildman–Crippen MR) is 42.6 cm³/mol. The summed E-state index contributed by atoms with van der Waals surface area (Å²) in [6, 6.07) is 1.01. The van der Waals surface area contributed by atoms with Crippen molar-refractivity contribution in [3.63, 3.8) is 0 Å². The number of anilines is 1. The summed E-state index contributed by atoms with van der Waals surface area (Å²) in [7, 11) is 0. The molecule has 0 aromatic carbocycles. The summed E-state index contributed by atoms with van der Waals surface area (Å²) in [6.07, 6.45) is 0.918. The van der Waals surface area contributed by atoms with E-state index in [4.69, 9.17) is 15.9 Å². The molecule has 1 rings (SSSR count). The first-order valence-corrected chi connectivity index (χ1v) is 3.24. The molecule has 6 heteroatoms. The number of pyridine rings is 1. The highest BCUT2D eigenvalue weighted by molar-refractivity contribution is 6.01. The van der Waals surface area contributed by atoms with Crippen LogP contribution in [-0.2, 0) is 0 Å². The maximum absolute atomic E-state index is 10.5. The van der Waals surface area contributed by atoms with E-state index in [9.17, 15) is 9.59 Å². The van der Waals surface area contributed by atoms with Gasteiger partial charge in [-0.2, -0.15) is 0 Å². The van der Waals surface area contributed by atoms with Crippen molar-refractivity contribution in [2.75, 3.05) is 5.73 Å². The number of nitrogen functional groups attached to an aromatic ring is 1. The Labute approximate surface area is 72.6 Å². The molecular weight excluding hydrogens is 176 g/mol. The average molecular weight is 182 g/mol. The van der Waals surface area contributed by atoms with Crippen LogP contribution in [0.4, 0.5) is 5.82 Å². The molecule has 68 valence electrons. The Morgan fingerprint density at radius 3 is 2.23 bits per heavy atom. The molecule has 1 aromatic heterocycles. The molecule has 0 aliphatic rings. The number of carbonyl (C=O) groups is 2. The van der Waals surface area contributed by atoms with Crippen LogP contribution < -0.4 is 5.73 Å². The molecule has 0 radical (unpaired) electrons. The molecule has 0 fully saturated rings. The molecule has 0 spiro atoms. The van der Waals surface area contributed by atoms with Gasteiger partial charge in [0.2, 0.25) is 0 Å². The Kier molecular flexibility index (Phi) is 2.14. The smallest absolute Gasteiger partial charge is 0.338 e. The van der Waals surface area contributed by atoms with Crippen molar-refractivity contribution in [2.24, 2.45) is 0 Å². The van der Waals surface area contributed by atoms with E-state index in [0.717, 1.165) is 12.3 Å². The Bertz CT molecular complexity index is 375. The zero-order valence-corrected chi connectivity index (χ0v) is 6.39. The van der Waals surface area contributed by atoms with Gasteiger partial charge >= 0.3 is 11.9 Å². The normalized spacial score (nSPS) is 9.54. The van der Waals surface area contributed by atoms with Crippen LogP contribution in [0.25, 0.3) is 0 Å². The van der Waals surface area contributed by atoms with Gasteiger partial charge in [-0.25, -0.2) is 14.6 Å². The van der Waals surface area contributed by atoms with Crippen molar-refractivity contribution in [3.05, 3.63) is 23.4 Å². The first-order valence-electron chi connectivity index (χ1n) is 3.24. The number of carboxylic acids is 2. The molecule has 13 heavy (non-hydrogen) atoms. The van der Waals surface area contributed by atoms with Crippen LogP contribution in [0.15, 0.2) is 12.3 Å². The lowest BCUT2D eigenvalue weighted by molar-refractivity contribution is 0.0651.